The highest BCUT2D eigenvalue weighted by Gasteiger charge is 2.08. The monoisotopic (exact) mass is 340 g/mol. The Kier molecular flexibility index (Phi) is 4.11. The van der Waals surface area contributed by atoms with E-state index in [-0.39, 0.29) is 28.5 Å². The largest absolute Gasteiger partial charge is 0.389 e. The molecule has 2 aromatic rings. The zero-order chi connectivity index (χ0) is 14.0. The zero-order valence-corrected chi connectivity index (χ0v) is 12.2. The third kappa shape index (κ3) is 3.08. The summed E-state index contributed by atoms with van der Waals surface area (Å²) in [5.41, 5.74) is 5.82. The molecule has 0 spiro atoms. The topological polar surface area (TPSA) is 48.0 Å². The molecule has 0 fully saturated rings. The average Bonchev–Trinajstić information content (AvgIpc) is 2.34. The molecule has 98 valence electrons. The van der Waals surface area contributed by atoms with Gasteiger partial charge >= 0.3 is 0 Å². The summed E-state index contributed by atoms with van der Waals surface area (Å²) in [4.78, 5) is 12.1. The van der Waals surface area contributed by atoms with Crippen LogP contribution in [0.5, 0.6) is 0 Å². The van der Waals surface area contributed by atoms with Crippen molar-refractivity contribution in [2.75, 3.05) is 0 Å². The SMILES string of the molecule is NC(=S)c1cccn(Cc2ccc(Br)cc2F)c1=O. The van der Waals surface area contributed by atoms with Crippen molar-refractivity contribution in [3.63, 3.8) is 0 Å². The van der Waals surface area contributed by atoms with E-state index in [0.29, 0.717) is 10.0 Å². The number of aromatic nitrogens is 1. The van der Waals surface area contributed by atoms with Gasteiger partial charge in [-0.05, 0) is 24.3 Å². The molecule has 0 saturated carbocycles. The molecule has 3 nitrogen and oxygen atoms in total. The van der Waals surface area contributed by atoms with Crippen LogP contribution in [0, 0.1) is 5.82 Å². The van der Waals surface area contributed by atoms with E-state index in [1.54, 1.807) is 30.5 Å². The van der Waals surface area contributed by atoms with Crippen LogP contribution in [0.15, 0.2) is 45.8 Å². The van der Waals surface area contributed by atoms with Gasteiger partial charge in [-0.15, -0.1) is 0 Å². The van der Waals surface area contributed by atoms with E-state index in [1.807, 2.05) is 0 Å². The van der Waals surface area contributed by atoms with Crippen molar-refractivity contribution in [1.82, 2.24) is 4.57 Å². The number of nitrogens with two attached hydrogens (primary N) is 1. The first-order valence-corrected chi connectivity index (χ1v) is 6.62. The molecule has 6 heteroatoms. The Bertz CT molecular complexity index is 699. The van der Waals surface area contributed by atoms with Gasteiger partial charge in [-0.3, -0.25) is 4.79 Å². The third-order valence-corrected chi connectivity index (χ3v) is 3.35. The molecule has 1 aromatic heterocycles. The Hall–Kier alpha value is -1.53. The van der Waals surface area contributed by atoms with E-state index in [9.17, 15) is 9.18 Å². The van der Waals surface area contributed by atoms with Crippen LogP contribution in [-0.4, -0.2) is 9.56 Å². The summed E-state index contributed by atoms with van der Waals surface area (Å²) in [6, 6.07) is 7.92. The smallest absolute Gasteiger partial charge is 0.261 e. The number of hydrogen-bond donors (Lipinski definition) is 1. The van der Waals surface area contributed by atoms with Gasteiger partial charge in [0, 0.05) is 16.2 Å². The first kappa shape index (κ1) is 13.9. The molecule has 0 bridgehead atoms. The average molecular weight is 341 g/mol. The van der Waals surface area contributed by atoms with Gasteiger partial charge in [0.25, 0.3) is 5.56 Å². The Balaban J connectivity index is 2.42. The van der Waals surface area contributed by atoms with Crippen LogP contribution in [0.25, 0.3) is 0 Å². The molecule has 0 aliphatic heterocycles. The molecule has 19 heavy (non-hydrogen) atoms. The van der Waals surface area contributed by atoms with Crippen LogP contribution >= 0.6 is 28.1 Å². The quantitative estimate of drug-likeness (QED) is 0.873. The van der Waals surface area contributed by atoms with Gasteiger partial charge < -0.3 is 10.3 Å². The Morgan fingerprint density at radius 2 is 2.16 bits per heavy atom. The summed E-state index contributed by atoms with van der Waals surface area (Å²) < 4.78 is 15.8. The number of nitrogens with zero attached hydrogens (tertiary/aromatic N) is 1. The maximum Gasteiger partial charge on any atom is 0.261 e. The molecule has 0 amide bonds. The fourth-order valence-corrected chi connectivity index (χ4v) is 2.17. The highest BCUT2D eigenvalue weighted by Crippen LogP contribution is 2.15. The third-order valence-electron chi connectivity index (χ3n) is 2.64. The van der Waals surface area contributed by atoms with Crippen molar-refractivity contribution < 1.29 is 4.39 Å². The van der Waals surface area contributed by atoms with Crippen molar-refractivity contribution in [3.05, 3.63) is 68.3 Å². The summed E-state index contributed by atoms with van der Waals surface area (Å²) in [6.07, 6.45) is 1.57. The molecule has 1 aromatic carbocycles. The molecule has 0 radical (unpaired) electrons. The van der Waals surface area contributed by atoms with Gasteiger partial charge in [0.05, 0.1) is 12.1 Å². The minimum absolute atomic E-state index is 0.0376. The number of benzene rings is 1. The number of halogens is 2. The number of hydrogen-bond acceptors (Lipinski definition) is 2. The van der Waals surface area contributed by atoms with Gasteiger partial charge in [0.1, 0.15) is 10.8 Å². The van der Waals surface area contributed by atoms with E-state index < -0.39 is 0 Å². The first-order valence-electron chi connectivity index (χ1n) is 5.42. The highest BCUT2D eigenvalue weighted by atomic mass is 79.9. The molecule has 0 atom stereocenters. The van der Waals surface area contributed by atoms with Crippen molar-refractivity contribution in [3.8, 4) is 0 Å². The first-order chi connectivity index (χ1) is 8.99. The summed E-state index contributed by atoms with van der Waals surface area (Å²) in [5, 5.41) is 0. The summed E-state index contributed by atoms with van der Waals surface area (Å²) >= 11 is 7.99. The number of pyridine rings is 1. The molecule has 0 aliphatic carbocycles. The van der Waals surface area contributed by atoms with Crippen LogP contribution in [0.1, 0.15) is 11.1 Å². The maximum atomic E-state index is 13.7. The van der Waals surface area contributed by atoms with Crippen LogP contribution in [0.3, 0.4) is 0 Å². The standard InChI is InChI=1S/C13H10BrFN2OS/c14-9-4-3-8(11(15)6-9)7-17-5-1-2-10(12(16)19)13(17)18/h1-6H,7H2,(H2,16,19). The molecular weight excluding hydrogens is 331 g/mol. The molecule has 0 unspecified atom stereocenters. The normalized spacial score (nSPS) is 10.4. The summed E-state index contributed by atoms with van der Waals surface area (Å²) in [5.74, 6) is -0.373. The van der Waals surface area contributed by atoms with Gasteiger partial charge in [0.2, 0.25) is 0 Å². The van der Waals surface area contributed by atoms with Gasteiger partial charge in [-0.1, -0.05) is 34.2 Å². The highest BCUT2D eigenvalue weighted by molar-refractivity contribution is 9.10. The van der Waals surface area contributed by atoms with E-state index in [0.717, 1.165) is 0 Å². The van der Waals surface area contributed by atoms with Crippen LogP contribution in [-0.2, 0) is 6.54 Å². The van der Waals surface area contributed by atoms with Crippen molar-refractivity contribution in [2.24, 2.45) is 5.73 Å². The molecule has 1 heterocycles. The van der Waals surface area contributed by atoms with Gasteiger partial charge in [-0.25, -0.2) is 4.39 Å². The van der Waals surface area contributed by atoms with Crippen molar-refractivity contribution in [1.29, 1.82) is 0 Å². The van der Waals surface area contributed by atoms with Crippen LogP contribution in [0.4, 0.5) is 4.39 Å². The predicted octanol–water partition coefficient (Wildman–Crippen LogP) is 2.43. The second kappa shape index (κ2) is 5.63. The Morgan fingerprint density at radius 1 is 1.42 bits per heavy atom. The molecule has 2 N–H and O–H groups in total. The molecule has 0 aliphatic rings. The van der Waals surface area contributed by atoms with E-state index in [1.165, 1.54) is 10.6 Å². The van der Waals surface area contributed by atoms with Crippen LogP contribution in [0.2, 0.25) is 0 Å². The van der Waals surface area contributed by atoms with E-state index in [4.69, 9.17) is 18.0 Å². The van der Waals surface area contributed by atoms with Gasteiger partial charge in [0.15, 0.2) is 0 Å². The zero-order valence-electron chi connectivity index (χ0n) is 9.77. The molecular formula is C13H10BrFN2OS. The van der Waals surface area contributed by atoms with E-state index in [2.05, 4.69) is 15.9 Å². The molecule has 0 saturated heterocycles. The lowest BCUT2D eigenvalue weighted by Gasteiger charge is -2.08. The lowest BCUT2D eigenvalue weighted by molar-refractivity contribution is 0.595. The fraction of sp³-hybridized carbons (Fsp3) is 0.0769. The second-order valence-electron chi connectivity index (χ2n) is 3.95. The fourth-order valence-electron chi connectivity index (χ4n) is 1.68. The molecule has 2 rings (SSSR count). The minimum Gasteiger partial charge on any atom is -0.389 e. The Labute approximate surface area is 123 Å². The lowest BCUT2D eigenvalue weighted by Crippen LogP contribution is -2.28. The second-order valence-corrected chi connectivity index (χ2v) is 5.31. The summed E-state index contributed by atoms with van der Waals surface area (Å²) in [6.45, 7) is 0.133. The van der Waals surface area contributed by atoms with E-state index >= 15 is 0 Å². The van der Waals surface area contributed by atoms with Gasteiger partial charge in [-0.2, -0.15) is 0 Å². The lowest BCUT2D eigenvalue weighted by atomic mass is 10.2. The number of thiocarbonyl (C=S) groups is 1. The van der Waals surface area contributed by atoms with Crippen molar-refractivity contribution >= 4 is 33.1 Å². The Morgan fingerprint density at radius 3 is 2.79 bits per heavy atom. The predicted molar refractivity (Wildman–Crippen MR) is 79.8 cm³/mol. The number of rotatable bonds is 3. The van der Waals surface area contributed by atoms with Crippen molar-refractivity contribution in [2.45, 2.75) is 6.54 Å². The maximum absolute atomic E-state index is 13.7. The summed E-state index contributed by atoms with van der Waals surface area (Å²) in [7, 11) is 0. The minimum atomic E-state index is -0.373. The van der Waals surface area contributed by atoms with Crippen LogP contribution < -0.4 is 11.3 Å².